The van der Waals surface area contributed by atoms with E-state index in [1.807, 2.05) is 0 Å². The Labute approximate surface area is 148 Å². The van der Waals surface area contributed by atoms with E-state index in [-0.39, 0.29) is 16.2 Å². The van der Waals surface area contributed by atoms with Gasteiger partial charge in [0.2, 0.25) is 5.76 Å². The Morgan fingerprint density at radius 3 is 2.65 bits per heavy atom. The average Bonchev–Trinajstić information content (AvgIpc) is 3.20. The third kappa shape index (κ3) is 3.15. The summed E-state index contributed by atoms with van der Waals surface area (Å²) >= 11 is 1.08. The molecule has 1 aromatic carbocycles. The van der Waals surface area contributed by atoms with Gasteiger partial charge in [-0.1, -0.05) is 17.4 Å². The highest BCUT2D eigenvalue weighted by Crippen LogP contribution is 2.23. The molecule has 26 heavy (non-hydrogen) atoms. The molecule has 0 aliphatic heterocycles. The van der Waals surface area contributed by atoms with Gasteiger partial charge in [0.25, 0.3) is 5.69 Å². The molecule has 0 atom stereocenters. The van der Waals surface area contributed by atoms with E-state index < -0.39 is 21.6 Å². The number of non-ortho nitro benzene ring substituents is 1. The van der Waals surface area contributed by atoms with Gasteiger partial charge in [0, 0.05) is 18.7 Å². The Kier molecular flexibility index (Phi) is 4.45. The molecule has 3 rings (SSSR count). The summed E-state index contributed by atoms with van der Waals surface area (Å²) in [6.07, 6.45) is 1.59. The van der Waals surface area contributed by atoms with Crippen LogP contribution in [0.4, 0.5) is 11.6 Å². The highest BCUT2D eigenvalue weighted by molar-refractivity contribution is 7.16. The number of benzene rings is 1. The molecule has 0 N–H and O–H groups in total. The topological polar surface area (TPSA) is 134 Å². The lowest BCUT2D eigenvalue weighted by molar-refractivity contribution is -0.402. The fourth-order valence-electron chi connectivity index (χ4n) is 2.25. The molecule has 0 aliphatic carbocycles. The van der Waals surface area contributed by atoms with Gasteiger partial charge in [-0.3, -0.25) is 25.0 Å². The zero-order valence-electron chi connectivity index (χ0n) is 13.0. The van der Waals surface area contributed by atoms with Crippen molar-refractivity contribution in [2.75, 3.05) is 0 Å². The largest absolute Gasteiger partial charge is 0.433 e. The van der Waals surface area contributed by atoms with Crippen LogP contribution in [0.3, 0.4) is 0 Å². The minimum absolute atomic E-state index is 0.0796. The molecule has 3 aromatic rings. The second kappa shape index (κ2) is 6.72. The number of carbonyl (C=O) groups excluding carboxylic acids is 1. The highest BCUT2D eigenvalue weighted by atomic mass is 32.1. The maximum Gasteiger partial charge on any atom is 0.433 e. The number of thiazole rings is 1. The molecule has 0 aliphatic rings. The zero-order chi connectivity index (χ0) is 18.8. The third-order valence-electron chi connectivity index (χ3n) is 3.37. The molecule has 11 heteroatoms. The van der Waals surface area contributed by atoms with Gasteiger partial charge in [-0.25, -0.2) is 0 Å². The van der Waals surface area contributed by atoms with Gasteiger partial charge in [0.1, 0.15) is 4.92 Å². The van der Waals surface area contributed by atoms with Crippen LogP contribution in [-0.2, 0) is 6.54 Å². The van der Waals surface area contributed by atoms with E-state index in [0.29, 0.717) is 16.8 Å². The van der Waals surface area contributed by atoms with Crippen molar-refractivity contribution in [3.8, 4) is 0 Å². The Morgan fingerprint density at radius 2 is 2.04 bits per heavy atom. The number of aromatic nitrogens is 1. The van der Waals surface area contributed by atoms with Gasteiger partial charge in [-0.15, -0.1) is 6.58 Å². The molecule has 0 bridgehead atoms. The molecule has 1 amide bonds. The van der Waals surface area contributed by atoms with Crippen molar-refractivity contribution in [3.63, 3.8) is 0 Å². The molecule has 0 saturated carbocycles. The summed E-state index contributed by atoms with van der Waals surface area (Å²) in [4.78, 5) is 36.7. The summed E-state index contributed by atoms with van der Waals surface area (Å²) in [5.74, 6) is -1.63. The highest BCUT2D eigenvalue weighted by Gasteiger charge is 2.18. The van der Waals surface area contributed by atoms with E-state index in [9.17, 15) is 25.0 Å². The predicted molar refractivity (Wildman–Crippen MR) is 91.9 cm³/mol. The van der Waals surface area contributed by atoms with Crippen molar-refractivity contribution >= 4 is 39.0 Å². The normalized spacial score (nSPS) is 11.6. The Hall–Kier alpha value is -3.60. The molecule has 132 valence electrons. The summed E-state index contributed by atoms with van der Waals surface area (Å²) < 4.78 is 7.07. The number of hydrogen-bond acceptors (Lipinski definition) is 7. The smallest absolute Gasteiger partial charge is 0.395 e. The van der Waals surface area contributed by atoms with Crippen LogP contribution in [0.1, 0.15) is 10.6 Å². The van der Waals surface area contributed by atoms with Gasteiger partial charge in [-0.2, -0.15) is 4.99 Å². The standard InChI is InChI=1S/C15H10N4O6S/c1-2-7-17-10-4-3-9(18(21)22)8-12(10)26-15(17)16-14(20)11-5-6-13(25-11)19(23)24/h2-6,8H,1,7H2. The van der Waals surface area contributed by atoms with Crippen molar-refractivity contribution < 1.29 is 19.1 Å². The van der Waals surface area contributed by atoms with E-state index in [4.69, 9.17) is 4.42 Å². The SMILES string of the molecule is C=CCn1c(=NC(=O)c2ccc([N+](=O)[O-])o2)sc2cc([N+](=O)[O-])ccc21. The number of rotatable bonds is 5. The van der Waals surface area contributed by atoms with Gasteiger partial charge >= 0.3 is 11.8 Å². The van der Waals surface area contributed by atoms with Crippen LogP contribution in [0.2, 0.25) is 0 Å². The van der Waals surface area contributed by atoms with Gasteiger partial charge in [0.15, 0.2) is 4.80 Å². The number of allylic oxidation sites excluding steroid dienone is 1. The summed E-state index contributed by atoms with van der Waals surface area (Å²) in [7, 11) is 0. The second-order valence-corrected chi connectivity index (χ2v) is 6.01. The van der Waals surface area contributed by atoms with Crippen molar-refractivity contribution in [2.24, 2.45) is 4.99 Å². The molecule has 0 spiro atoms. The lowest BCUT2D eigenvalue weighted by atomic mass is 10.3. The molecule has 2 aromatic heterocycles. The maximum atomic E-state index is 12.2. The summed E-state index contributed by atoms with van der Waals surface area (Å²) in [5.41, 5.74) is 0.571. The monoisotopic (exact) mass is 374 g/mol. The third-order valence-corrected chi connectivity index (χ3v) is 4.41. The summed E-state index contributed by atoms with van der Waals surface area (Å²) in [5, 5.41) is 21.6. The van der Waals surface area contributed by atoms with Crippen molar-refractivity contribution in [1.29, 1.82) is 0 Å². The minimum atomic E-state index is -0.794. The Bertz CT molecular complexity index is 1120. The fraction of sp³-hybridized carbons (Fsp3) is 0.0667. The van der Waals surface area contributed by atoms with Crippen LogP contribution in [0.5, 0.6) is 0 Å². The number of fused-ring (bicyclic) bond motifs is 1. The number of hydrogen-bond donors (Lipinski definition) is 0. The number of amides is 1. The van der Waals surface area contributed by atoms with Crippen LogP contribution >= 0.6 is 11.3 Å². The first-order chi connectivity index (χ1) is 12.4. The van der Waals surface area contributed by atoms with E-state index in [0.717, 1.165) is 17.4 Å². The van der Waals surface area contributed by atoms with E-state index in [1.165, 1.54) is 18.2 Å². The van der Waals surface area contributed by atoms with Crippen LogP contribution < -0.4 is 4.80 Å². The van der Waals surface area contributed by atoms with Crippen LogP contribution in [-0.4, -0.2) is 20.3 Å². The van der Waals surface area contributed by atoms with Crippen molar-refractivity contribution in [1.82, 2.24) is 4.57 Å². The number of furan rings is 1. The fourth-order valence-corrected chi connectivity index (χ4v) is 3.32. The summed E-state index contributed by atoms with van der Waals surface area (Å²) in [6.45, 7) is 3.97. The molecule has 0 fully saturated rings. The number of nitro groups is 2. The molecule has 10 nitrogen and oxygen atoms in total. The number of nitrogens with zero attached hydrogens (tertiary/aromatic N) is 4. The first kappa shape index (κ1) is 17.2. The lowest BCUT2D eigenvalue weighted by Crippen LogP contribution is -2.16. The second-order valence-electron chi connectivity index (χ2n) is 5.01. The average molecular weight is 374 g/mol. The molecular formula is C15H10N4O6S. The van der Waals surface area contributed by atoms with Crippen LogP contribution in [0, 0.1) is 20.2 Å². The van der Waals surface area contributed by atoms with E-state index >= 15 is 0 Å². The van der Waals surface area contributed by atoms with E-state index in [2.05, 4.69) is 11.6 Å². The van der Waals surface area contributed by atoms with Gasteiger partial charge in [-0.05, 0) is 12.1 Å². The maximum absolute atomic E-state index is 12.2. The van der Waals surface area contributed by atoms with Gasteiger partial charge < -0.3 is 8.98 Å². The van der Waals surface area contributed by atoms with Crippen LogP contribution in [0.15, 0.2) is 52.4 Å². The quantitative estimate of drug-likeness (QED) is 0.383. The van der Waals surface area contributed by atoms with Gasteiger partial charge in [0.05, 0.1) is 21.2 Å². The molecule has 0 radical (unpaired) electrons. The number of carbonyl (C=O) groups is 1. The van der Waals surface area contributed by atoms with Crippen LogP contribution in [0.25, 0.3) is 10.2 Å². The molecular weight excluding hydrogens is 364 g/mol. The zero-order valence-corrected chi connectivity index (χ0v) is 13.8. The lowest BCUT2D eigenvalue weighted by Gasteiger charge is -2.00. The molecule has 0 saturated heterocycles. The first-order valence-corrected chi connectivity index (χ1v) is 7.94. The minimum Gasteiger partial charge on any atom is -0.395 e. The molecule has 0 unspecified atom stereocenters. The first-order valence-electron chi connectivity index (χ1n) is 7.12. The number of nitro benzene ring substituents is 1. The van der Waals surface area contributed by atoms with Crippen molar-refractivity contribution in [3.05, 3.63) is 73.8 Å². The molecule has 2 heterocycles. The van der Waals surface area contributed by atoms with Crippen molar-refractivity contribution in [2.45, 2.75) is 6.54 Å². The van der Waals surface area contributed by atoms with E-state index in [1.54, 1.807) is 16.7 Å². The Balaban J connectivity index is 2.12. The predicted octanol–water partition coefficient (Wildman–Crippen LogP) is 3.04. The Morgan fingerprint density at radius 1 is 1.27 bits per heavy atom. The summed E-state index contributed by atoms with van der Waals surface area (Å²) in [6, 6.07) is 6.54.